The van der Waals surface area contributed by atoms with Crippen LogP contribution in [0, 0.1) is 0 Å². The Morgan fingerprint density at radius 2 is 1.33 bits per heavy atom. The molecule has 0 aliphatic rings. The van der Waals surface area contributed by atoms with Crippen LogP contribution in [0.1, 0.15) is 71.1 Å². The Hall–Kier alpha value is -1.05. The lowest BCUT2D eigenvalue weighted by Gasteiger charge is -1.99. The molecular formula is C16H28O2. The number of carbonyl (C=O) groups is 1. The average Bonchev–Trinajstić information content (AvgIpc) is 2.34. The highest BCUT2D eigenvalue weighted by Crippen LogP contribution is 2.09. The zero-order valence-electron chi connectivity index (χ0n) is 11.7. The monoisotopic (exact) mass is 252 g/mol. The molecule has 1 N–H and O–H groups in total. The van der Waals surface area contributed by atoms with Gasteiger partial charge >= 0.3 is 5.97 Å². The lowest BCUT2D eigenvalue weighted by atomic mass is 10.1. The van der Waals surface area contributed by atoms with Gasteiger partial charge in [0.2, 0.25) is 0 Å². The van der Waals surface area contributed by atoms with Gasteiger partial charge < -0.3 is 5.11 Å². The Morgan fingerprint density at radius 1 is 0.833 bits per heavy atom. The lowest BCUT2D eigenvalue weighted by Crippen LogP contribution is -1.85. The van der Waals surface area contributed by atoms with Gasteiger partial charge in [-0.05, 0) is 32.1 Å². The van der Waals surface area contributed by atoms with Crippen LogP contribution in [0.15, 0.2) is 24.3 Å². The maximum absolute atomic E-state index is 10.2. The molecule has 0 saturated heterocycles. The van der Waals surface area contributed by atoms with E-state index in [0.29, 0.717) is 0 Å². The molecule has 0 aromatic heterocycles. The first-order valence-corrected chi connectivity index (χ1v) is 7.31. The number of carboxylic acid groups (broad SMARTS) is 1. The first-order valence-electron chi connectivity index (χ1n) is 7.31. The molecule has 0 aromatic carbocycles. The van der Waals surface area contributed by atoms with Gasteiger partial charge in [0.25, 0.3) is 0 Å². The molecule has 0 saturated carbocycles. The van der Waals surface area contributed by atoms with Gasteiger partial charge in [-0.2, -0.15) is 0 Å². The van der Waals surface area contributed by atoms with Crippen LogP contribution in [0.25, 0.3) is 0 Å². The Bertz CT molecular complexity index is 241. The van der Waals surface area contributed by atoms with Crippen LogP contribution < -0.4 is 0 Å². The summed E-state index contributed by atoms with van der Waals surface area (Å²) < 4.78 is 0. The second-order valence-electron chi connectivity index (χ2n) is 4.70. The van der Waals surface area contributed by atoms with Crippen molar-refractivity contribution in [3.63, 3.8) is 0 Å². The van der Waals surface area contributed by atoms with E-state index < -0.39 is 5.97 Å². The number of aliphatic carboxylic acids is 1. The number of carboxylic acids is 1. The summed E-state index contributed by atoms with van der Waals surface area (Å²) in [4.78, 5) is 10.2. The van der Waals surface area contributed by atoms with E-state index in [0.717, 1.165) is 12.8 Å². The van der Waals surface area contributed by atoms with Gasteiger partial charge in [-0.25, -0.2) is 4.79 Å². The molecule has 0 bridgehead atoms. The number of rotatable bonds is 12. The quantitative estimate of drug-likeness (QED) is 0.298. The van der Waals surface area contributed by atoms with Crippen molar-refractivity contribution < 1.29 is 9.90 Å². The van der Waals surface area contributed by atoms with Gasteiger partial charge in [0.15, 0.2) is 0 Å². The van der Waals surface area contributed by atoms with E-state index in [4.69, 9.17) is 5.11 Å². The van der Waals surface area contributed by atoms with Crippen molar-refractivity contribution in [2.75, 3.05) is 0 Å². The fraction of sp³-hybridized carbons (Fsp3) is 0.688. The number of allylic oxidation sites excluding steroid dienone is 3. The summed E-state index contributed by atoms with van der Waals surface area (Å²) >= 11 is 0. The van der Waals surface area contributed by atoms with Crippen molar-refractivity contribution >= 4 is 5.97 Å². The molecule has 0 aromatic rings. The van der Waals surface area contributed by atoms with Crippen molar-refractivity contribution in [2.24, 2.45) is 0 Å². The average molecular weight is 252 g/mol. The van der Waals surface area contributed by atoms with Crippen molar-refractivity contribution in [1.82, 2.24) is 0 Å². The summed E-state index contributed by atoms with van der Waals surface area (Å²) in [7, 11) is 0. The maximum Gasteiger partial charge on any atom is 0.327 e. The second-order valence-corrected chi connectivity index (χ2v) is 4.70. The van der Waals surface area contributed by atoms with E-state index in [1.165, 1.54) is 57.4 Å². The minimum absolute atomic E-state index is 0.842. The van der Waals surface area contributed by atoms with Crippen molar-refractivity contribution in [1.29, 1.82) is 0 Å². The number of hydrogen-bond donors (Lipinski definition) is 1. The van der Waals surface area contributed by atoms with Gasteiger partial charge in [0.1, 0.15) is 0 Å². The third-order valence-corrected chi connectivity index (χ3v) is 2.87. The predicted molar refractivity (Wildman–Crippen MR) is 77.8 cm³/mol. The van der Waals surface area contributed by atoms with Gasteiger partial charge in [-0.15, -0.1) is 0 Å². The van der Waals surface area contributed by atoms with Gasteiger partial charge in [-0.1, -0.05) is 57.3 Å². The Labute approximate surface area is 112 Å². The lowest BCUT2D eigenvalue weighted by molar-refractivity contribution is -0.131. The van der Waals surface area contributed by atoms with E-state index in [1.54, 1.807) is 6.08 Å². The number of hydrogen-bond acceptors (Lipinski definition) is 1. The van der Waals surface area contributed by atoms with E-state index >= 15 is 0 Å². The van der Waals surface area contributed by atoms with Gasteiger partial charge in [-0.3, -0.25) is 0 Å². The first kappa shape index (κ1) is 16.9. The Morgan fingerprint density at radius 3 is 1.89 bits per heavy atom. The van der Waals surface area contributed by atoms with Crippen LogP contribution in [-0.4, -0.2) is 11.1 Å². The van der Waals surface area contributed by atoms with Crippen LogP contribution in [-0.2, 0) is 4.79 Å². The van der Waals surface area contributed by atoms with Crippen molar-refractivity contribution in [3.05, 3.63) is 24.3 Å². The highest BCUT2D eigenvalue weighted by molar-refractivity contribution is 5.79. The van der Waals surface area contributed by atoms with Crippen LogP contribution >= 0.6 is 0 Å². The molecule has 0 aliphatic carbocycles. The fourth-order valence-corrected chi connectivity index (χ4v) is 1.82. The smallest absolute Gasteiger partial charge is 0.327 e. The summed E-state index contributed by atoms with van der Waals surface area (Å²) in [5.74, 6) is -0.842. The highest BCUT2D eigenvalue weighted by atomic mass is 16.4. The Balaban J connectivity index is 3.10. The molecule has 2 nitrogen and oxygen atoms in total. The number of unbranched alkanes of at least 4 members (excludes halogenated alkanes) is 8. The molecule has 104 valence electrons. The summed E-state index contributed by atoms with van der Waals surface area (Å²) in [6.07, 6.45) is 19.7. The first-order chi connectivity index (χ1) is 8.77. The summed E-state index contributed by atoms with van der Waals surface area (Å²) in [5, 5.41) is 8.40. The fourth-order valence-electron chi connectivity index (χ4n) is 1.82. The van der Waals surface area contributed by atoms with E-state index in [2.05, 4.69) is 19.1 Å². The summed E-state index contributed by atoms with van der Waals surface area (Å²) in [6.45, 7) is 2.20. The zero-order chi connectivity index (χ0) is 13.5. The zero-order valence-corrected chi connectivity index (χ0v) is 11.7. The van der Waals surface area contributed by atoms with Crippen LogP contribution in [0.3, 0.4) is 0 Å². The molecule has 0 heterocycles. The van der Waals surface area contributed by atoms with E-state index in [-0.39, 0.29) is 0 Å². The van der Waals surface area contributed by atoms with Gasteiger partial charge in [0, 0.05) is 6.08 Å². The Kier molecular flexibility index (Phi) is 13.2. The molecule has 0 unspecified atom stereocenters. The van der Waals surface area contributed by atoms with Crippen LogP contribution in [0.2, 0.25) is 0 Å². The third kappa shape index (κ3) is 14.9. The molecule has 0 radical (unpaired) electrons. The van der Waals surface area contributed by atoms with Crippen molar-refractivity contribution in [3.8, 4) is 0 Å². The molecule has 0 rings (SSSR count). The van der Waals surface area contributed by atoms with Crippen LogP contribution in [0.5, 0.6) is 0 Å². The van der Waals surface area contributed by atoms with Crippen LogP contribution in [0.4, 0.5) is 0 Å². The standard InChI is InChI=1S/C16H28O2/c1-2-3-4-5-6-7-8-9-10-11-12-13-14-15-16(17)18/h4-5,14-15H,2-3,6-13H2,1H3,(H,17,18). The molecule has 0 spiro atoms. The largest absolute Gasteiger partial charge is 0.478 e. The van der Waals surface area contributed by atoms with E-state index in [1.807, 2.05) is 0 Å². The molecule has 0 amide bonds. The molecule has 0 aliphatic heterocycles. The summed E-state index contributed by atoms with van der Waals surface area (Å²) in [6, 6.07) is 0. The van der Waals surface area contributed by atoms with E-state index in [9.17, 15) is 4.79 Å². The van der Waals surface area contributed by atoms with Gasteiger partial charge in [0.05, 0.1) is 0 Å². The predicted octanol–water partition coefficient (Wildman–Crippen LogP) is 5.10. The molecule has 2 heteroatoms. The topological polar surface area (TPSA) is 37.3 Å². The summed E-state index contributed by atoms with van der Waals surface area (Å²) in [5.41, 5.74) is 0. The molecule has 0 fully saturated rings. The van der Waals surface area contributed by atoms with Crippen molar-refractivity contribution in [2.45, 2.75) is 71.1 Å². The molecular weight excluding hydrogens is 224 g/mol. The minimum atomic E-state index is -0.842. The maximum atomic E-state index is 10.2. The minimum Gasteiger partial charge on any atom is -0.478 e. The SMILES string of the molecule is CCCC=CCCCCCCCCC=CC(=O)O. The second kappa shape index (κ2) is 14.0. The normalized spacial score (nSPS) is 11.6. The molecule has 18 heavy (non-hydrogen) atoms. The molecule has 0 atom stereocenters. The third-order valence-electron chi connectivity index (χ3n) is 2.87. The highest BCUT2D eigenvalue weighted by Gasteiger charge is 1.90.